The molecule has 1 heterocycles. The van der Waals surface area contributed by atoms with Crippen LogP contribution in [-0.4, -0.2) is 30.1 Å². The van der Waals surface area contributed by atoms with Crippen molar-refractivity contribution in [3.63, 3.8) is 0 Å². The SMILES string of the molecule is CCOc1ccc(CCN/C(C)=C\N=C2N=C(Nc3ccccc3)S2)cc1OCC. The Morgan fingerprint density at radius 2 is 1.80 bits per heavy atom. The van der Waals surface area contributed by atoms with Gasteiger partial charge in [-0.2, -0.15) is 4.99 Å². The van der Waals surface area contributed by atoms with Crippen LogP contribution in [-0.2, 0) is 6.42 Å². The summed E-state index contributed by atoms with van der Waals surface area (Å²) in [5, 5.41) is 8.25. The maximum atomic E-state index is 5.69. The predicted octanol–water partition coefficient (Wildman–Crippen LogP) is 5.05. The molecular formula is C23H28N4O2S. The average Bonchev–Trinajstić information content (AvgIpc) is 2.72. The van der Waals surface area contributed by atoms with Crippen LogP contribution in [0.3, 0.4) is 0 Å². The third kappa shape index (κ3) is 6.56. The van der Waals surface area contributed by atoms with Gasteiger partial charge in [0.05, 0.1) is 13.2 Å². The molecule has 158 valence electrons. The molecule has 30 heavy (non-hydrogen) atoms. The fourth-order valence-corrected chi connectivity index (χ4v) is 3.37. The molecular weight excluding hydrogens is 396 g/mol. The van der Waals surface area contributed by atoms with Crippen LogP contribution in [0, 0.1) is 0 Å². The number of para-hydroxylation sites is 1. The molecule has 0 saturated carbocycles. The van der Waals surface area contributed by atoms with E-state index in [1.54, 1.807) is 0 Å². The van der Waals surface area contributed by atoms with Crippen LogP contribution in [0.2, 0.25) is 0 Å². The maximum Gasteiger partial charge on any atom is 0.197 e. The number of anilines is 1. The summed E-state index contributed by atoms with van der Waals surface area (Å²) in [5.74, 6) is 1.60. The molecule has 2 aromatic rings. The lowest BCUT2D eigenvalue weighted by atomic mass is 10.1. The lowest BCUT2D eigenvalue weighted by Crippen LogP contribution is -2.19. The van der Waals surface area contributed by atoms with E-state index >= 15 is 0 Å². The Hall–Kier alpha value is -2.93. The second-order valence-electron chi connectivity index (χ2n) is 6.56. The Bertz CT molecular complexity index is 926. The van der Waals surface area contributed by atoms with Crippen LogP contribution in [0.5, 0.6) is 11.5 Å². The molecule has 0 amide bonds. The first-order valence-electron chi connectivity index (χ1n) is 10.1. The highest BCUT2D eigenvalue weighted by atomic mass is 32.2. The lowest BCUT2D eigenvalue weighted by molar-refractivity contribution is 0.287. The molecule has 0 bridgehead atoms. The van der Waals surface area contributed by atoms with Crippen molar-refractivity contribution < 1.29 is 9.47 Å². The normalized spacial score (nSPS) is 14.7. The van der Waals surface area contributed by atoms with Crippen molar-refractivity contribution in [1.29, 1.82) is 0 Å². The molecule has 0 unspecified atom stereocenters. The second-order valence-corrected chi connectivity index (χ2v) is 7.51. The Balaban J connectivity index is 1.45. The van der Waals surface area contributed by atoms with Crippen LogP contribution in [0.4, 0.5) is 5.69 Å². The van der Waals surface area contributed by atoms with E-state index in [2.05, 4.69) is 32.8 Å². The van der Waals surface area contributed by atoms with E-state index < -0.39 is 0 Å². The molecule has 0 radical (unpaired) electrons. The van der Waals surface area contributed by atoms with Crippen molar-refractivity contribution in [3.8, 4) is 11.5 Å². The van der Waals surface area contributed by atoms with Gasteiger partial charge < -0.3 is 20.1 Å². The van der Waals surface area contributed by atoms with Gasteiger partial charge in [-0.25, -0.2) is 4.99 Å². The van der Waals surface area contributed by atoms with Crippen molar-refractivity contribution in [2.75, 3.05) is 25.1 Å². The minimum atomic E-state index is 0.618. The van der Waals surface area contributed by atoms with E-state index in [0.29, 0.717) is 13.2 Å². The van der Waals surface area contributed by atoms with Gasteiger partial charge in [0.25, 0.3) is 0 Å². The Kier molecular flexibility index (Phi) is 8.20. The topological polar surface area (TPSA) is 67.2 Å². The summed E-state index contributed by atoms with van der Waals surface area (Å²) >= 11 is 1.53. The number of hydrogen-bond acceptors (Lipinski definition) is 6. The largest absolute Gasteiger partial charge is 0.490 e. The maximum absolute atomic E-state index is 5.69. The van der Waals surface area contributed by atoms with E-state index in [1.807, 2.05) is 63.4 Å². The van der Waals surface area contributed by atoms with Crippen LogP contribution in [0.25, 0.3) is 0 Å². The number of amidine groups is 2. The third-order valence-corrected chi connectivity index (χ3v) is 4.97. The minimum Gasteiger partial charge on any atom is -0.490 e. The van der Waals surface area contributed by atoms with E-state index in [1.165, 1.54) is 17.3 Å². The number of nitrogens with one attached hydrogen (secondary N) is 2. The van der Waals surface area contributed by atoms with Crippen LogP contribution < -0.4 is 20.1 Å². The van der Waals surface area contributed by atoms with Gasteiger partial charge in [0, 0.05) is 24.1 Å². The Morgan fingerprint density at radius 3 is 2.53 bits per heavy atom. The quantitative estimate of drug-likeness (QED) is 0.559. The molecule has 0 saturated heterocycles. The van der Waals surface area contributed by atoms with Crippen molar-refractivity contribution in [2.45, 2.75) is 27.2 Å². The van der Waals surface area contributed by atoms with E-state index in [0.717, 1.165) is 46.2 Å². The highest BCUT2D eigenvalue weighted by molar-refractivity contribution is 8.29. The summed E-state index contributed by atoms with van der Waals surface area (Å²) in [4.78, 5) is 8.80. The highest BCUT2D eigenvalue weighted by Gasteiger charge is 2.16. The first-order chi connectivity index (χ1) is 14.7. The zero-order chi connectivity index (χ0) is 21.2. The smallest absolute Gasteiger partial charge is 0.197 e. The van der Waals surface area contributed by atoms with Gasteiger partial charge in [-0.15, -0.1) is 0 Å². The molecule has 7 heteroatoms. The first-order valence-corrected chi connectivity index (χ1v) is 10.9. The van der Waals surface area contributed by atoms with Crippen LogP contribution in [0.15, 0.2) is 70.4 Å². The van der Waals surface area contributed by atoms with Gasteiger partial charge in [-0.3, -0.25) is 0 Å². The standard InChI is InChI=1S/C23H28N4O2S/c1-4-28-20-12-11-18(15-21(20)29-5-2)13-14-24-17(3)16-25-22-27-23(30-22)26-19-9-7-6-8-10-19/h6-12,15-16,24H,4-5,13-14H2,1-3H3,(H,25,26,27)/b17-16-. The number of aliphatic imine (C=N–C) groups is 2. The predicted molar refractivity (Wildman–Crippen MR) is 127 cm³/mol. The second kappa shape index (κ2) is 11.3. The van der Waals surface area contributed by atoms with Gasteiger partial charge in [0.15, 0.2) is 21.8 Å². The molecule has 2 aromatic carbocycles. The zero-order valence-electron chi connectivity index (χ0n) is 17.6. The zero-order valence-corrected chi connectivity index (χ0v) is 18.5. The van der Waals surface area contributed by atoms with Gasteiger partial charge in [0.1, 0.15) is 0 Å². The summed E-state index contributed by atoms with van der Waals surface area (Å²) in [5.41, 5.74) is 3.22. The van der Waals surface area contributed by atoms with Crippen LogP contribution >= 0.6 is 11.8 Å². The highest BCUT2D eigenvalue weighted by Crippen LogP contribution is 2.28. The van der Waals surface area contributed by atoms with Gasteiger partial charge in [0.2, 0.25) is 0 Å². The number of benzene rings is 2. The molecule has 1 aliphatic heterocycles. The molecule has 0 aliphatic carbocycles. The average molecular weight is 425 g/mol. The Labute approximate surface area is 182 Å². The number of allylic oxidation sites excluding steroid dienone is 1. The molecule has 0 aromatic heterocycles. The van der Waals surface area contributed by atoms with Crippen LogP contribution in [0.1, 0.15) is 26.3 Å². The molecule has 3 rings (SSSR count). The Morgan fingerprint density at radius 1 is 1.07 bits per heavy atom. The van der Waals surface area contributed by atoms with E-state index in [4.69, 9.17) is 9.47 Å². The van der Waals surface area contributed by atoms with Crippen molar-refractivity contribution in [1.82, 2.24) is 5.32 Å². The number of thioether (sulfide) groups is 1. The van der Waals surface area contributed by atoms with E-state index in [9.17, 15) is 0 Å². The summed E-state index contributed by atoms with van der Waals surface area (Å²) in [6.45, 7) is 8.01. The summed E-state index contributed by atoms with van der Waals surface area (Å²) in [7, 11) is 0. The summed E-state index contributed by atoms with van der Waals surface area (Å²) in [6, 6.07) is 16.1. The van der Waals surface area contributed by atoms with Crippen molar-refractivity contribution in [3.05, 3.63) is 66.0 Å². The van der Waals surface area contributed by atoms with E-state index in [-0.39, 0.29) is 0 Å². The third-order valence-electron chi connectivity index (χ3n) is 4.20. The number of hydrogen-bond donors (Lipinski definition) is 2. The van der Waals surface area contributed by atoms with Gasteiger partial charge in [-0.1, -0.05) is 24.3 Å². The fraction of sp³-hybridized carbons (Fsp3) is 0.304. The molecule has 2 N–H and O–H groups in total. The monoisotopic (exact) mass is 424 g/mol. The number of rotatable bonds is 10. The van der Waals surface area contributed by atoms with Crippen molar-refractivity contribution in [2.24, 2.45) is 9.98 Å². The lowest BCUT2D eigenvalue weighted by Gasteiger charge is -2.15. The molecule has 1 aliphatic rings. The first kappa shape index (κ1) is 21.8. The number of ether oxygens (including phenoxy) is 2. The van der Waals surface area contributed by atoms with Gasteiger partial charge >= 0.3 is 0 Å². The molecule has 0 spiro atoms. The minimum absolute atomic E-state index is 0.618. The molecule has 0 atom stereocenters. The molecule has 6 nitrogen and oxygen atoms in total. The summed E-state index contributed by atoms with van der Waals surface area (Å²) < 4.78 is 11.3. The fourth-order valence-electron chi connectivity index (χ4n) is 2.79. The summed E-state index contributed by atoms with van der Waals surface area (Å²) in [6.07, 6.45) is 2.70. The number of nitrogens with zero attached hydrogens (tertiary/aromatic N) is 2. The van der Waals surface area contributed by atoms with Gasteiger partial charge in [-0.05, 0) is 68.8 Å². The van der Waals surface area contributed by atoms with Crippen molar-refractivity contribution >= 4 is 27.8 Å². The molecule has 0 fully saturated rings.